The lowest BCUT2D eigenvalue weighted by Gasteiger charge is -2.32. The minimum Gasteiger partial charge on any atom is -0.508 e. The number of aromatic hydroxyl groups is 1. The number of aromatic nitrogens is 1. The van der Waals surface area contributed by atoms with Crippen LogP contribution >= 0.6 is 15.9 Å². The number of rotatable bonds is 1. The van der Waals surface area contributed by atoms with Crippen LogP contribution in [0.2, 0.25) is 0 Å². The Morgan fingerprint density at radius 1 is 1.21 bits per heavy atom. The van der Waals surface area contributed by atoms with E-state index in [0.29, 0.717) is 12.0 Å². The van der Waals surface area contributed by atoms with Gasteiger partial charge in [0, 0.05) is 32.0 Å². The molecule has 122 valence electrons. The van der Waals surface area contributed by atoms with Crippen LogP contribution < -0.4 is 0 Å². The largest absolute Gasteiger partial charge is 0.508 e. The average Bonchev–Trinajstić information content (AvgIpc) is 2.92. The third kappa shape index (κ3) is 1.92. The molecule has 1 heterocycles. The zero-order valence-electron chi connectivity index (χ0n) is 13.8. The van der Waals surface area contributed by atoms with Gasteiger partial charge in [0.05, 0.1) is 5.56 Å². The summed E-state index contributed by atoms with van der Waals surface area (Å²) in [6, 6.07) is 9.55. The van der Waals surface area contributed by atoms with E-state index in [1.165, 1.54) is 0 Å². The minimum atomic E-state index is -0.381. The minimum absolute atomic E-state index is 0.0302. The van der Waals surface area contributed by atoms with E-state index in [2.05, 4.69) is 34.8 Å². The smallest absolute Gasteiger partial charge is 0.195 e. The second kappa shape index (κ2) is 4.96. The molecule has 0 saturated heterocycles. The van der Waals surface area contributed by atoms with Gasteiger partial charge in [-0.3, -0.25) is 4.79 Å². The SMILES string of the molecule is CCc1cc2c(cc1O)C(C)(C)c1[nH]c3cc(Br)ccc3c1C2=O. The molecule has 0 bridgehead atoms. The summed E-state index contributed by atoms with van der Waals surface area (Å²) < 4.78 is 0.974. The molecule has 0 amide bonds. The molecule has 2 N–H and O–H groups in total. The molecule has 4 rings (SSSR count). The first kappa shape index (κ1) is 15.5. The first-order valence-electron chi connectivity index (χ1n) is 8.07. The topological polar surface area (TPSA) is 53.1 Å². The van der Waals surface area contributed by atoms with Crippen LogP contribution in [0.3, 0.4) is 0 Å². The van der Waals surface area contributed by atoms with E-state index in [4.69, 9.17) is 0 Å². The highest BCUT2D eigenvalue weighted by molar-refractivity contribution is 9.10. The molecule has 0 unspecified atom stereocenters. The Bertz CT molecular complexity index is 1010. The molecule has 0 fully saturated rings. The number of phenols is 1. The highest BCUT2D eigenvalue weighted by atomic mass is 79.9. The van der Waals surface area contributed by atoms with E-state index in [1.54, 1.807) is 6.07 Å². The number of aromatic amines is 1. The monoisotopic (exact) mass is 383 g/mol. The van der Waals surface area contributed by atoms with Crippen LogP contribution in [0.25, 0.3) is 10.9 Å². The summed E-state index contributed by atoms with van der Waals surface area (Å²) in [5, 5.41) is 11.2. The lowest BCUT2D eigenvalue weighted by atomic mass is 9.70. The fraction of sp³-hybridized carbons (Fsp3) is 0.250. The highest BCUT2D eigenvalue weighted by Gasteiger charge is 2.40. The van der Waals surface area contributed by atoms with Gasteiger partial charge < -0.3 is 10.1 Å². The van der Waals surface area contributed by atoms with E-state index in [0.717, 1.165) is 37.8 Å². The van der Waals surface area contributed by atoms with Crippen molar-refractivity contribution in [2.75, 3.05) is 0 Å². The van der Waals surface area contributed by atoms with Crippen molar-refractivity contribution < 1.29 is 9.90 Å². The molecule has 0 spiro atoms. The molecule has 0 atom stereocenters. The highest BCUT2D eigenvalue weighted by Crippen LogP contribution is 2.45. The first-order valence-corrected chi connectivity index (χ1v) is 8.86. The van der Waals surface area contributed by atoms with E-state index in [-0.39, 0.29) is 16.9 Å². The van der Waals surface area contributed by atoms with Crippen LogP contribution in [0.15, 0.2) is 34.8 Å². The van der Waals surface area contributed by atoms with Gasteiger partial charge in [0.25, 0.3) is 0 Å². The molecule has 3 nitrogen and oxygen atoms in total. The molecule has 1 aliphatic rings. The summed E-state index contributed by atoms with van der Waals surface area (Å²) in [5.41, 5.74) is 4.62. The number of benzene rings is 2. The van der Waals surface area contributed by atoms with Crippen LogP contribution in [0.1, 0.15) is 53.5 Å². The maximum absolute atomic E-state index is 13.2. The van der Waals surface area contributed by atoms with E-state index >= 15 is 0 Å². The maximum Gasteiger partial charge on any atom is 0.195 e. The average molecular weight is 384 g/mol. The Balaban J connectivity index is 2.09. The Morgan fingerprint density at radius 2 is 1.96 bits per heavy atom. The molecular formula is C20H18BrNO2. The number of phenolic OH excluding ortho intramolecular Hbond substituents is 1. The van der Waals surface area contributed by atoms with E-state index in [9.17, 15) is 9.90 Å². The molecule has 0 radical (unpaired) electrons. The summed E-state index contributed by atoms with van der Waals surface area (Å²) in [6.45, 7) is 6.16. The molecule has 0 saturated carbocycles. The van der Waals surface area contributed by atoms with Gasteiger partial charge >= 0.3 is 0 Å². The number of nitrogens with one attached hydrogen (secondary N) is 1. The quantitative estimate of drug-likeness (QED) is 0.616. The van der Waals surface area contributed by atoms with Crippen molar-refractivity contribution in [1.29, 1.82) is 0 Å². The zero-order chi connectivity index (χ0) is 17.2. The lowest BCUT2D eigenvalue weighted by molar-refractivity contribution is 0.103. The lowest BCUT2D eigenvalue weighted by Crippen LogP contribution is -2.30. The van der Waals surface area contributed by atoms with Crippen LogP contribution in [-0.2, 0) is 11.8 Å². The predicted octanol–water partition coefficient (Wildman–Crippen LogP) is 5.07. The van der Waals surface area contributed by atoms with Gasteiger partial charge in [-0.15, -0.1) is 0 Å². The van der Waals surface area contributed by atoms with Gasteiger partial charge in [0.2, 0.25) is 0 Å². The number of hydrogen-bond acceptors (Lipinski definition) is 2. The van der Waals surface area contributed by atoms with Crippen molar-refractivity contribution in [3.63, 3.8) is 0 Å². The molecular weight excluding hydrogens is 366 g/mol. The summed E-state index contributed by atoms with van der Waals surface area (Å²) in [5.74, 6) is 0.294. The fourth-order valence-electron chi connectivity index (χ4n) is 3.76. The van der Waals surface area contributed by atoms with Crippen molar-refractivity contribution in [3.05, 3.63) is 62.8 Å². The Labute approximate surface area is 148 Å². The molecule has 2 aromatic carbocycles. The third-order valence-electron chi connectivity index (χ3n) is 5.13. The van der Waals surface area contributed by atoms with Crippen molar-refractivity contribution in [1.82, 2.24) is 4.98 Å². The Hall–Kier alpha value is -2.07. The number of fused-ring (bicyclic) bond motifs is 4. The number of carbonyl (C=O) groups is 1. The summed E-state index contributed by atoms with van der Waals surface area (Å²) in [4.78, 5) is 16.7. The molecule has 1 aromatic heterocycles. The maximum atomic E-state index is 13.2. The number of aryl methyl sites for hydroxylation is 1. The van der Waals surface area contributed by atoms with Crippen LogP contribution in [0.4, 0.5) is 0 Å². The Kier molecular flexibility index (Phi) is 3.20. The summed E-state index contributed by atoms with van der Waals surface area (Å²) in [7, 11) is 0. The third-order valence-corrected chi connectivity index (χ3v) is 5.62. The number of carbonyl (C=O) groups excluding carboxylic acids is 1. The summed E-state index contributed by atoms with van der Waals surface area (Å²) >= 11 is 3.49. The number of H-pyrrole nitrogens is 1. The standard InChI is InChI=1S/C20H18BrNO2/c1-4-10-7-13-14(9-16(10)23)20(2,3)19-17(18(13)24)12-6-5-11(21)8-15(12)22-19/h5-9,22-23H,4H2,1-3H3. The van der Waals surface area contributed by atoms with Gasteiger partial charge in [0.15, 0.2) is 5.78 Å². The van der Waals surface area contributed by atoms with E-state index < -0.39 is 0 Å². The Morgan fingerprint density at radius 3 is 2.67 bits per heavy atom. The molecule has 24 heavy (non-hydrogen) atoms. The first-order chi connectivity index (χ1) is 11.3. The van der Waals surface area contributed by atoms with Gasteiger partial charge in [0.1, 0.15) is 5.75 Å². The summed E-state index contributed by atoms with van der Waals surface area (Å²) in [6.07, 6.45) is 0.695. The molecule has 0 aliphatic heterocycles. The second-order valence-corrected chi connectivity index (χ2v) is 7.81. The predicted molar refractivity (Wildman–Crippen MR) is 99.0 cm³/mol. The van der Waals surface area contributed by atoms with Gasteiger partial charge in [-0.2, -0.15) is 0 Å². The zero-order valence-corrected chi connectivity index (χ0v) is 15.4. The van der Waals surface area contributed by atoms with Crippen molar-refractivity contribution in [2.24, 2.45) is 0 Å². The normalized spacial score (nSPS) is 15.4. The molecule has 1 aliphatic carbocycles. The van der Waals surface area contributed by atoms with Crippen molar-refractivity contribution in [3.8, 4) is 5.75 Å². The van der Waals surface area contributed by atoms with Crippen LogP contribution in [-0.4, -0.2) is 15.9 Å². The van der Waals surface area contributed by atoms with Crippen molar-refractivity contribution in [2.45, 2.75) is 32.6 Å². The molecule has 4 heteroatoms. The number of hydrogen-bond donors (Lipinski definition) is 2. The van der Waals surface area contributed by atoms with Gasteiger partial charge in [-0.05, 0) is 41.8 Å². The van der Waals surface area contributed by atoms with Gasteiger partial charge in [-0.1, -0.05) is 42.8 Å². The van der Waals surface area contributed by atoms with Crippen LogP contribution in [0.5, 0.6) is 5.75 Å². The van der Waals surface area contributed by atoms with Crippen molar-refractivity contribution >= 4 is 32.6 Å². The molecule has 3 aromatic rings. The number of halogens is 1. The van der Waals surface area contributed by atoms with Gasteiger partial charge in [-0.25, -0.2) is 0 Å². The van der Waals surface area contributed by atoms with E-state index in [1.807, 2.05) is 31.2 Å². The second-order valence-electron chi connectivity index (χ2n) is 6.90. The fourth-order valence-corrected chi connectivity index (χ4v) is 4.13. The van der Waals surface area contributed by atoms with Crippen LogP contribution in [0, 0.1) is 0 Å². The number of ketones is 1.